The molecular formula is C21H28FNSi. The van der Waals surface area contributed by atoms with Crippen molar-refractivity contribution in [2.75, 3.05) is 0 Å². The molecule has 0 N–H and O–H groups in total. The molecule has 0 aliphatic heterocycles. The van der Waals surface area contributed by atoms with Crippen LogP contribution in [0.25, 0.3) is 11.3 Å². The Hall–Kier alpha value is -1.48. The minimum Gasteiger partial charge on any atom is -0.256 e. The summed E-state index contributed by atoms with van der Waals surface area (Å²) in [7, 11) is -1.42. The Morgan fingerprint density at radius 2 is 1.71 bits per heavy atom. The molecule has 1 aromatic carbocycles. The van der Waals surface area contributed by atoms with Gasteiger partial charge in [0.05, 0.1) is 13.8 Å². The van der Waals surface area contributed by atoms with Crippen LogP contribution in [0.15, 0.2) is 36.5 Å². The molecule has 0 saturated heterocycles. The number of hydrogen-bond acceptors (Lipinski definition) is 1. The molecule has 0 bridgehead atoms. The van der Waals surface area contributed by atoms with Crippen molar-refractivity contribution in [1.82, 2.24) is 4.98 Å². The fourth-order valence-electron chi connectivity index (χ4n) is 3.82. The number of rotatable bonds is 4. The number of benzene rings is 1. The smallest absolute Gasteiger partial charge is 0.123 e. The summed E-state index contributed by atoms with van der Waals surface area (Å²) in [5.74, 6) is 0.622. The monoisotopic (exact) mass is 341 g/mol. The molecule has 1 fully saturated rings. The number of halogens is 1. The maximum absolute atomic E-state index is 13.2. The Morgan fingerprint density at radius 3 is 2.33 bits per heavy atom. The highest BCUT2D eigenvalue weighted by atomic mass is 28.3. The molecule has 1 aromatic heterocycles. The van der Waals surface area contributed by atoms with Gasteiger partial charge in [-0.15, -0.1) is 0 Å². The summed E-state index contributed by atoms with van der Waals surface area (Å²) in [5, 5.41) is 1.49. The lowest BCUT2D eigenvalue weighted by Crippen LogP contribution is -2.41. The van der Waals surface area contributed by atoms with E-state index < -0.39 is 8.07 Å². The van der Waals surface area contributed by atoms with Crippen molar-refractivity contribution in [3.05, 3.63) is 47.9 Å². The summed E-state index contributed by atoms with van der Waals surface area (Å²) in [6.07, 6.45) is 10.2. The third-order valence-electron chi connectivity index (χ3n) is 5.17. The fourth-order valence-corrected chi connectivity index (χ4v) is 5.41. The number of pyridine rings is 1. The van der Waals surface area contributed by atoms with Crippen molar-refractivity contribution in [3.63, 3.8) is 0 Å². The molecule has 0 spiro atoms. The Balaban J connectivity index is 1.95. The van der Waals surface area contributed by atoms with E-state index in [1.165, 1.54) is 61.4 Å². The molecule has 24 heavy (non-hydrogen) atoms. The molecule has 0 radical (unpaired) electrons. The minimum absolute atomic E-state index is 0.195. The summed E-state index contributed by atoms with van der Waals surface area (Å²) in [4.78, 5) is 4.71. The van der Waals surface area contributed by atoms with Crippen LogP contribution >= 0.6 is 0 Å². The molecule has 1 saturated carbocycles. The summed E-state index contributed by atoms with van der Waals surface area (Å²) in [5.41, 5.74) is 3.46. The van der Waals surface area contributed by atoms with Crippen molar-refractivity contribution in [2.45, 2.75) is 58.2 Å². The highest BCUT2D eigenvalue weighted by Crippen LogP contribution is 2.28. The van der Waals surface area contributed by atoms with Crippen molar-refractivity contribution in [3.8, 4) is 11.3 Å². The number of nitrogens with zero attached hydrogens (tertiary/aromatic N) is 1. The summed E-state index contributed by atoms with van der Waals surface area (Å²) >= 11 is 0. The summed E-state index contributed by atoms with van der Waals surface area (Å²) < 4.78 is 13.2. The first-order chi connectivity index (χ1) is 11.4. The van der Waals surface area contributed by atoms with Gasteiger partial charge in [0, 0.05) is 11.8 Å². The van der Waals surface area contributed by atoms with Crippen LogP contribution in [0.3, 0.4) is 0 Å². The van der Waals surface area contributed by atoms with E-state index in [1.54, 1.807) is 0 Å². The van der Waals surface area contributed by atoms with Gasteiger partial charge in [-0.1, -0.05) is 51.7 Å². The van der Waals surface area contributed by atoms with Crippen LogP contribution in [0.2, 0.25) is 19.6 Å². The maximum atomic E-state index is 13.2. The second-order valence-electron chi connectivity index (χ2n) is 8.19. The van der Waals surface area contributed by atoms with Crippen molar-refractivity contribution in [1.29, 1.82) is 0 Å². The van der Waals surface area contributed by atoms with Gasteiger partial charge in [-0.25, -0.2) is 4.39 Å². The summed E-state index contributed by atoms with van der Waals surface area (Å²) in [6, 6.07) is 8.97. The maximum Gasteiger partial charge on any atom is 0.123 e. The van der Waals surface area contributed by atoms with Gasteiger partial charge in [0.1, 0.15) is 5.82 Å². The lowest BCUT2D eigenvalue weighted by Gasteiger charge is -2.26. The van der Waals surface area contributed by atoms with Crippen molar-refractivity contribution >= 4 is 13.3 Å². The van der Waals surface area contributed by atoms with E-state index in [4.69, 9.17) is 4.98 Å². The predicted molar refractivity (Wildman–Crippen MR) is 103 cm³/mol. The zero-order valence-electron chi connectivity index (χ0n) is 15.1. The molecule has 1 aliphatic rings. The van der Waals surface area contributed by atoms with Crippen LogP contribution in [0, 0.1) is 11.7 Å². The van der Waals surface area contributed by atoms with Crippen LogP contribution < -0.4 is 5.19 Å². The number of hydrogen-bond donors (Lipinski definition) is 0. The van der Waals surface area contributed by atoms with E-state index >= 15 is 0 Å². The van der Waals surface area contributed by atoms with Crippen molar-refractivity contribution in [2.24, 2.45) is 5.92 Å². The van der Waals surface area contributed by atoms with E-state index in [1.807, 2.05) is 12.1 Å². The molecule has 0 unspecified atom stereocenters. The van der Waals surface area contributed by atoms with Gasteiger partial charge in [0.2, 0.25) is 0 Å². The highest BCUT2D eigenvalue weighted by Gasteiger charge is 2.23. The van der Waals surface area contributed by atoms with E-state index in [0.717, 1.165) is 17.2 Å². The third kappa shape index (κ3) is 4.13. The van der Waals surface area contributed by atoms with Crippen molar-refractivity contribution < 1.29 is 4.39 Å². The second kappa shape index (κ2) is 7.18. The molecule has 3 rings (SSSR count). The van der Waals surface area contributed by atoms with E-state index in [0.29, 0.717) is 0 Å². The lowest BCUT2D eigenvalue weighted by molar-refractivity contribution is 0.357. The molecule has 0 atom stereocenters. The Kier molecular flexibility index (Phi) is 5.19. The first-order valence-corrected chi connectivity index (χ1v) is 12.7. The lowest BCUT2D eigenvalue weighted by atomic mass is 9.85. The zero-order chi connectivity index (χ0) is 17.2. The minimum atomic E-state index is -1.42. The molecule has 1 nitrogen and oxygen atoms in total. The van der Waals surface area contributed by atoms with Gasteiger partial charge < -0.3 is 0 Å². The SMILES string of the molecule is C[Si](C)(C)c1cnc(-c2ccc(F)cc2)cc1CC1CCCCC1. The van der Waals surface area contributed by atoms with Gasteiger partial charge in [0.15, 0.2) is 0 Å². The largest absolute Gasteiger partial charge is 0.256 e. The van der Waals surface area contributed by atoms with Crippen LogP contribution in [-0.4, -0.2) is 13.1 Å². The zero-order valence-corrected chi connectivity index (χ0v) is 16.1. The molecule has 3 heteroatoms. The van der Waals surface area contributed by atoms with E-state index in [2.05, 4.69) is 31.9 Å². The number of aromatic nitrogens is 1. The van der Waals surface area contributed by atoms with Gasteiger partial charge in [-0.05, 0) is 53.4 Å². The topological polar surface area (TPSA) is 12.9 Å². The van der Waals surface area contributed by atoms with Crippen LogP contribution in [0.5, 0.6) is 0 Å². The molecule has 1 aliphatic carbocycles. The van der Waals surface area contributed by atoms with Gasteiger partial charge >= 0.3 is 0 Å². The van der Waals surface area contributed by atoms with Crippen LogP contribution in [-0.2, 0) is 6.42 Å². The second-order valence-corrected chi connectivity index (χ2v) is 13.2. The molecule has 0 amide bonds. The van der Waals surface area contributed by atoms with Gasteiger partial charge in [-0.2, -0.15) is 0 Å². The Morgan fingerprint density at radius 1 is 1.04 bits per heavy atom. The summed E-state index contributed by atoms with van der Waals surface area (Å²) in [6.45, 7) is 7.18. The van der Waals surface area contributed by atoms with E-state index in [-0.39, 0.29) is 5.82 Å². The first-order valence-electron chi connectivity index (χ1n) is 9.19. The molecular weight excluding hydrogens is 313 g/mol. The quantitative estimate of drug-likeness (QED) is 0.664. The molecule has 128 valence electrons. The average molecular weight is 342 g/mol. The fraction of sp³-hybridized carbons (Fsp3) is 0.476. The van der Waals surface area contributed by atoms with Crippen LogP contribution in [0.4, 0.5) is 4.39 Å². The highest BCUT2D eigenvalue weighted by molar-refractivity contribution is 6.89. The Labute approximate surface area is 146 Å². The normalized spacial score (nSPS) is 16.3. The Bertz CT molecular complexity index is 682. The van der Waals surface area contributed by atoms with Gasteiger partial charge in [-0.3, -0.25) is 4.98 Å². The molecule has 1 heterocycles. The standard InChI is InChI=1S/C21H28FNSi/c1-24(2,3)21-15-23-20(17-9-11-19(22)12-10-17)14-18(21)13-16-7-5-4-6-8-16/h9-12,14-16H,4-8,13H2,1-3H3. The predicted octanol–water partition coefficient (Wildman–Crippen LogP) is 5.56. The van der Waals surface area contributed by atoms with Gasteiger partial charge in [0.25, 0.3) is 0 Å². The molecule has 2 aromatic rings. The average Bonchev–Trinajstić information content (AvgIpc) is 2.55. The first kappa shape index (κ1) is 17.3. The van der Waals surface area contributed by atoms with E-state index in [9.17, 15) is 4.39 Å². The third-order valence-corrected chi connectivity index (χ3v) is 7.24. The van der Waals surface area contributed by atoms with Crippen LogP contribution in [0.1, 0.15) is 37.7 Å².